The molecule has 25 heavy (non-hydrogen) atoms. The third kappa shape index (κ3) is 4.60. The molecule has 0 aliphatic rings. The van der Waals surface area contributed by atoms with Crippen LogP contribution in [0.1, 0.15) is 22.8 Å². The number of carbonyl (C=O) groups excluding carboxylic acids is 2. The smallest absolute Gasteiger partial charge is 0.308 e. The molecule has 1 N–H and O–H groups in total. The number of phenolic OH excluding ortho intramolecular Hbond substituents is 1. The number of benzene rings is 2. The molecule has 0 aliphatic carbocycles. The summed E-state index contributed by atoms with van der Waals surface area (Å²) in [7, 11) is 2.99. The fraction of sp³-hybridized carbons (Fsp3) is 0.158. The summed E-state index contributed by atoms with van der Waals surface area (Å²) >= 11 is 0. The molecule has 6 nitrogen and oxygen atoms in total. The Morgan fingerprint density at radius 3 is 2.32 bits per heavy atom. The standard InChI is InChI=1S/C19H18O6/c1-12(20)25-15-6-4-13(18(22)10-15)5-9-17(21)16-8-7-14(23-2)11-19(16)24-3/h4-11,22H,1-3H3. The zero-order chi connectivity index (χ0) is 18.4. The molecular weight excluding hydrogens is 324 g/mol. The van der Waals surface area contributed by atoms with Gasteiger partial charge in [0.1, 0.15) is 23.0 Å². The quantitative estimate of drug-likeness (QED) is 0.376. The van der Waals surface area contributed by atoms with Gasteiger partial charge >= 0.3 is 5.97 Å². The summed E-state index contributed by atoms with van der Waals surface area (Å²) in [5, 5.41) is 9.96. The SMILES string of the molecule is COc1ccc(C(=O)C=Cc2ccc(OC(C)=O)cc2O)c(OC)c1. The van der Waals surface area contributed by atoms with Crippen molar-refractivity contribution in [3.05, 3.63) is 53.6 Å². The van der Waals surface area contributed by atoms with E-state index in [4.69, 9.17) is 14.2 Å². The van der Waals surface area contributed by atoms with Crippen molar-refractivity contribution in [3.63, 3.8) is 0 Å². The maximum absolute atomic E-state index is 12.4. The van der Waals surface area contributed by atoms with Crippen molar-refractivity contribution in [3.8, 4) is 23.0 Å². The molecule has 0 heterocycles. The fourth-order valence-electron chi connectivity index (χ4n) is 2.15. The number of hydrogen-bond acceptors (Lipinski definition) is 6. The highest BCUT2D eigenvalue weighted by Crippen LogP contribution is 2.27. The number of carbonyl (C=O) groups is 2. The van der Waals surface area contributed by atoms with Gasteiger partial charge in [0.15, 0.2) is 5.78 Å². The van der Waals surface area contributed by atoms with Crippen LogP contribution in [-0.4, -0.2) is 31.1 Å². The first-order valence-corrected chi connectivity index (χ1v) is 7.40. The van der Waals surface area contributed by atoms with Crippen LogP contribution in [0.15, 0.2) is 42.5 Å². The zero-order valence-corrected chi connectivity index (χ0v) is 14.1. The largest absolute Gasteiger partial charge is 0.507 e. The van der Waals surface area contributed by atoms with Crippen LogP contribution in [0.5, 0.6) is 23.0 Å². The van der Waals surface area contributed by atoms with Crippen LogP contribution in [0.2, 0.25) is 0 Å². The number of phenols is 1. The van der Waals surface area contributed by atoms with Gasteiger partial charge in [-0.05, 0) is 36.4 Å². The fourth-order valence-corrected chi connectivity index (χ4v) is 2.15. The molecule has 0 saturated carbocycles. The Hall–Kier alpha value is -3.28. The summed E-state index contributed by atoms with van der Waals surface area (Å²) in [5.41, 5.74) is 0.785. The number of rotatable bonds is 6. The highest BCUT2D eigenvalue weighted by Gasteiger charge is 2.11. The average molecular weight is 342 g/mol. The molecule has 0 fully saturated rings. The molecule has 0 bridgehead atoms. The summed E-state index contributed by atoms with van der Waals surface area (Å²) in [5.74, 6) is 0.321. The Kier molecular flexibility index (Phi) is 5.79. The molecule has 0 atom stereocenters. The highest BCUT2D eigenvalue weighted by atomic mass is 16.5. The molecule has 2 rings (SSSR count). The molecule has 0 aliphatic heterocycles. The van der Waals surface area contributed by atoms with Crippen LogP contribution in [0.25, 0.3) is 6.08 Å². The van der Waals surface area contributed by atoms with E-state index >= 15 is 0 Å². The predicted molar refractivity (Wildman–Crippen MR) is 92.3 cm³/mol. The van der Waals surface area contributed by atoms with Crippen molar-refractivity contribution in [2.75, 3.05) is 14.2 Å². The molecule has 0 amide bonds. The predicted octanol–water partition coefficient (Wildman–Crippen LogP) is 3.23. The molecule has 0 radical (unpaired) electrons. The summed E-state index contributed by atoms with van der Waals surface area (Å²) in [4.78, 5) is 23.3. The van der Waals surface area contributed by atoms with Crippen molar-refractivity contribution in [1.82, 2.24) is 0 Å². The third-order valence-corrected chi connectivity index (χ3v) is 3.35. The van der Waals surface area contributed by atoms with E-state index in [2.05, 4.69) is 0 Å². The molecule has 2 aromatic rings. The van der Waals surface area contributed by atoms with E-state index in [0.29, 0.717) is 22.6 Å². The van der Waals surface area contributed by atoms with E-state index in [1.807, 2.05) is 0 Å². The minimum absolute atomic E-state index is 0.107. The van der Waals surface area contributed by atoms with E-state index in [0.717, 1.165) is 0 Å². The highest BCUT2D eigenvalue weighted by molar-refractivity contribution is 6.08. The molecule has 2 aromatic carbocycles. The number of esters is 1. The van der Waals surface area contributed by atoms with Crippen LogP contribution in [0.4, 0.5) is 0 Å². The van der Waals surface area contributed by atoms with Crippen LogP contribution >= 0.6 is 0 Å². The Morgan fingerprint density at radius 1 is 1.00 bits per heavy atom. The van der Waals surface area contributed by atoms with Crippen molar-refractivity contribution in [1.29, 1.82) is 0 Å². The second-order valence-electron chi connectivity index (χ2n) is 5.08. The molecular formula is C19H18O6. The van der Waals surface area contributed by atoms with Gasteiger partial charge in [-0.25, -0.2) is 0 Å². The maximum atomic E-state index is 12.4. The van der Waals surface area contributed by atoms with E-state index < -0.39 is 5.97 Å². The first-order valence-electron chi connectivity index (χ1n) is 7.40. The molecule has 0 spiro atoms. The average Bonchev–Trinajstić information content (AvgIpc) is 2.59. The second-order valence-corrected chi connectivity index (χ2v) is 5.08. The third-order valence-electron chi connectivity index (χ3n) is 3.35. The number of ether oxygens (including phenoxy) is 3. The van der Waals surface area contributed by atoms with Crippen molar-refractivity contribution in [2.45, 2.75) is 6.92 Å². The summed E-state index contributed by atoms with van der Waals surface area (Å²) in [6.07, 6.45) is 2.80. The van der Waals surface area contributed by atoms with Gasteiger partial charge in [0.05, 0.1) is 19.8 Å². The summed E-state index contributed by atoms with van der Waals surface area (Å²) < 4.78 is 15.2. The van der Waals surface area contributed by atoms with Gasteiger partial charge in [0.2, 0.25) is 0 Å². The topological polar surface area (TPSA) is 82.1 Å². The van der Waals surface area contributed by atoms with Gasteiger partial charge in [0, 0.05) is 24.6 Å². The van der Waals surface area contributed by atoms with Crippen LogP contribution in [-0.2, 0) is 4.79 Å². The van der Waals surface area contributed by atoms with E-state index in [1.165, 1.54) is 45.4 Å². The van der Waals surface area contributed by atoms with Gasteiger partial charge in [0.25, 0.3) is 0 Å². The first kappa shape index (κ1) is 18.1. The van der Waals surface area contributed by atoms with Crippen molar-refractivity contribution < 1.29 is 28.9 Å². The summed E-state index contributed by atoms with van der Waals surface area (Å²) in [6.45, 7) is 1.27. The molecule has 0 saturated heterocycles. The number of ketones is 1. The zero-order valence-electron chi connectivity index (χ0n) is 14.1. The van der Waals surface area contributed by atoms with Gasteiger partial charge in [-0.3, -0.25) is 9.59 Å². The Bertz CT molecular complexity index is 823. The number of hydrogen-bond donors (Lipinski definition) is 1. The normalized spacial score (nSPS) is 10.5. The van der Waals surface area contributed by atoms with Crippen LogP contribution in [0, 0.1) is 0 Å². The lowest BCUT2D eigenvalue weighted by atomic mass is 10.1. The number of allylic oxidation sites excluding steroid dienone is 1. The minimum Gasteiger partial charge on any atom is -0.507 e. The van der Waals surface area contributed by atoms with Crippen LogP contribution < -0.4 is 14.2 Å². The Labute approximate surface area is 145 Å². The molecule has 0 unspecified atom stereocenters. The monoisotopic (exact) mass is 342 g/mol. The lowest BCUT2D eigenvalue weighted by Gasteiger charge is -2.08. The van der Waals surface area contributed by atoms with Gasteiger partial charge in [-0.15, -0.1) is 0 Å². The van der Waals surface area contributed by atoms with Gasteiger partial charge in [-0.1, -0.05) is 0 Å². The minimum atomic E-state index is -0.482. The molecule has 130 valence electrons. The molecule has 0 aromatic heterocycles. The number of aromatic hydroxyl groups is 1. The van der Waals surface area contributed by atoms with E-state index in [9.17, 15) is 14.7 Å². The lowest BCUT2D eigenvalue weighted by Crippen LogP contribution is -2.01. The van der Waals surface area contributed by atoms with Crippen molar-refractivity contribution in [2.24, 2.45) is 0 Å². The van der Waals surface area contributed by atoms with Crippen LogP contribution in [0.3, 0.4) is 0 Å². The first-order chi connectivity index (χ1) is 11.9. The van der Waals surface area contributed by atoms with Gasteiger partial charge < -0.3 is 19.3 Å². The second kappa shape index (κ2) is 8.01. The lowest BCUT2D eigenvalue weighted by molar-refractivity contribution is -0.131. The van der Waals surface area contributed by atoms with Gasteiger partial charge in [-0.2, -0.15) is 0 Å². The molecule has 6 heteroatoms. The van der Waals surface area contributed by atoms with E-state index in [-0.39, 0.29) is 17.3 Å². The summed E-state index contributed by atoms with van der Waals surface area (Å²) in [6, 6.07) is 9.26. The number of methoxy groups -OCH3 is 2. The maximum Gasteiger partial charge on any atom is 0.308 e. The Morgan fingerprint density at radius 2 is 1.72 bits per heavy atom. The van der Waals surface area contributed by atoms with Crippen molar-refractivity contribution >= 4 is 17.8 Å². The van der Waals surface area contributed by atoms with E-state index in [1.54, 1.807) is 24.3 Å². The Balaban J connectivity index is 2.21.